The third kappa shape index (κ3) is 4.41. The van der Waals surface area contributed by atoms with Gasteiger partial charge in [-0.25, -0.2) is 0 Å². The van der Waals surface area contributed by atoms with Crippen molar-refractivity contribution >= 4 is 5.69 Å². The molecule has 1 aromatic heterocycles. The molecule has 0 aliphatic carbocycles. The highest BCUT2D eigenvalue weighted by Crippen LogP contribution is 2.30. The van der Waals surface area contributed by atoms with E-state index in [0.29, 0.717) is 6.04 Å². The number of piperazine rings is 1. The summed E-state index contributed by atoms with van der Waals surface area (Å²) >= 11 is 0. The molecule has 1 atom stereocenters. The minimum atomic E-state index is 0.511. The van der Waals surface area contributed by atoms with Gasteiger partial charge in [0, 0.05) is 49.8 Å². The Morgan fingerprint density at radius 2 is 1.39 bits per heavy atom. The minimum absolute atomic E-state index is 0.511. The molecule has 2 saturated heterocycles. The molecule has 2 aliphatic heterocycles. The number of likely N-dealkylation sites (tertiary alicyclic amines) is 1. The smallest absolute Gasteiger partial charge is 0.0460 e. The van der Waals surface area contributed by atoms with Gasteiger partial charge >= 0.3 is 0 Å². The van der Waals surface area contributed by atoms with Crippen LogP contribution in [0.1, 0.15) is 31.4 Å². The van der Waals surface area contributed by atoms with Gasteiger partial charge in [-0.05, 0) is 80.4 Å². The Morgan fingerprint density at radius 1 is 0.742 bits per heavy atom. The Balaban J connectivity index is 1.27. The summed E-state index contributed by atoms with van der Waals surface area (Å²) in [5, 5.41) is 0. The maximum absolute atomic E-state index is 3.48. The zero-order chi connectivity index (χ0) is 21.2. The van der Waals surface area contributed by atoms with E-state index in [1.54, 1.807) is 0 Å². The monoisotopic (exact) mass is 414 g/mol. The summed E-state index contributed by atoms with van der Waals surface area (Å²) < 4.78 is 0. The average molecular weight is 415 g/mol. The number of aromatic amines is 1. The molecule has 0 saturated carbocycles. The van der Waals surface area contributed by atoms with Gasteiger partial charge in [-0.2, -0.15) is 0 Å². The molecule has 4 heteroatoms. The second kappa shape index (κ2) is 8.89. The van der Waals surface area contributed by atoms with Crippen molar-refractivity contribution in [3.63, 3.8) is 0 Å². The fourth-order valence-corrected chi connectivity index (χ4v) is 4.94. The Labute approximate surface area is 186 Å². The summed E-state index contributed by atoms with van der Waals surface area (Å²) in [6.45, 7) is 9.29. The second-order valence-corrected chi connectivity index (χ2v) is 9.18. The number of nitrogens with zero attached hydrogens (tertiary/aromatic N) is 3. The van der Waals surface area contributed by atoms with Gasteiger partial charge in [0.1, 0.15) is 0 Å². The van der Waals surface area contributed by atoms with Gasteiger partial charge < -0.3 is 14.8 Å². The van der Waals surface area contributed by atoms with E-state index in [4.69, 9.17) is 0 Å². The molecular formula is C27H34N4. The third-order valence-corrected chi connectivity index (χ3v) is 7.14. The van der Waals surface area contributed by atoms with Crippen LogP contribution in [0.5, 0.6) is 0 Å². The first-order chi connectivity index (χ1) is 15.2. The van der Waals surface area contributed by atoms with Crippen LogP contribution in [0.25, 0.3) is 22.4 Å². The van der Waals surface area contributed by atoms with E-state index >= 15 is 0 Å². The lowest BCUT2D eigenvalue weighted by Gasteiger charge is -2.34. The van der Waals surface area contributed by atoms with Crippen molar-refractivity contribution in [3.8, 4) is 22.4 Å². The highest BCUT2D eigenvalue weighted by atomic mass is 15.2. The summed E-state index contributed by atoms with van der Waals surface area (Å²) in [7, 11) is 2.20. The molecule has 31 heavy (non-hydrogen) atoms. The Morgan fingerprint density at radius 3 is 2.06 bits per heavy atom. The zero-order valence-electron chi connectivity index (χ0n) is 18.8. The van der Waals surface area contributed by atoms with Crippen LogP contribution in [0.2, 0.25) is 0 Å². The van der Waals surface area contributed by atoms with Crippen molar-refractivity contribution in [2.24, 2.45) is 0 Å². The number of hydrogen-bond donors (Lipinski definition) is 1. The molecule has 0 spiro atoms. The lowest BCUT2D eigenvalue weighted by Crippen LogP contribution is -2.44. The molecule has 2 aliphatic rings. The molecule has 162 valence electrons. The molecule has 1 unspecified atom stereocenters. The van der Waals surface area contributed by atoms with Gasteiger partial charge in [0.25, 0.3) is 0 Å². The molecule has 3 aromatic rings. The van der Waals surface area contributed by atoms with E-state index in [1.807, 2.05) is 0 Å². The fraction of sp³-hybridized carbons (Fsp3) is 0.407. The second-order valence-electron chi connectivity index (χ2n) is 9.18. The lowest BCUT2D eigenvalue weighted by molar-refractivity contribution is 0.263. The third-order valence-electron chi connectivity index (χ3n) is 7.14. The molecule has 0 amide bonds. The van der Waals surface area contributed by atoms with Gasteiger partial charge in [-0.1, -0.05) is 36.4 Å². The van der Waals surface area contributed by atoms with Crippen molar-refractivity contribution in [2.75, 3.05) is 51.2 Å². The fourth-order valence-electron chi connectivity index (χ4n) is 4.94. The summed E-state index contributed by atoms with van der Waals surface area (Å²) in [5.74, 6) is 0. The van der Waals surface area contributed by atoms with Crippen LogP contribution in [0, 0.1) is 0 Å². The molecule has 0 bridgehead atoms. The topological polar surface area (TPSA) is 25.5 Å². The minimum Gasteiger partial charge on any atom is -0.369 e. The van der Waals surface area contributed by atoms with Crippen LogP contribution >= 0.6 is 0 Å². The standard InChI is InChI=1S/C27H34N4/c1-21(30-13-3-4-14-30)22-5-7-23(8-6-22)25-19-27(28-20-25)24-9-11-26(12-10-24)31-17-15-29(2)16-18-31/h5-12,19-21,28H,3-4,13-18H2,1-2H3. The van der Waals surface area contributed by atoms with Gasteiger partial charge in [0.15, 0.2) is 0 Å². The van der Waals surface area contributed by atoms with Crippen LogP contribution in [0.4, 0.5) is 5.69 Å². The molecule has 5 rings (SSSR count). The number of benzene rings is 2. The molecular weight excluding hydrogens is 380 g/mol. The maximum atomic E-state index is 3.48. The van der Waals surface area contributed by atoms with Gasteiger partial charge in [-0.15, -0.1) is 0 Å². The number of hydrogen-bond acceptors (Lipinski definition) is 3. The van der Waals surface area contributed by atoms with Crippen LogP contribution in [-0.2, 0) is 0 Å². The van der Waals surface area contributed by atoms with Crippen LogP contribution in [-0.4, -0.2) is 61.1 Å². The Kier molecular flexibility index (Phi) is 5.84. The van der Waals surface area contributed by atoms with E-state index in [9.17, 15) is 0 Å². The van der Waals surface area contributed by atoms with Gasteiger partial charge in [-0.3, -0.25) is 4.90 Å². The van der Waals surface area contributed by atoms with Crippen LogP contribution in [0.3, 0.4) is 0 Å². The highest BCUT2D eigenvalue weighted by molar-refractivity contribution is 5.72. The summed E-state index contributed by atoms with van der Waals surface area (Å²) in [6, 6.07) is 20.9. The first-order valence-corrected chi connectivity index (χ1v) is 11.7. The summed E-state index contributed by atoms with van der Waals surface area (Å²) in [4.78, 5) is 10.9. The van der Waals surface area contributed by atoms with E-state index in [1.165, 1.54) is 59.6 Å². The van der Waals surface area contributed by atoms with E-state index in [2.05, 4.69) is 94.4 Å². The number of rotatable bonds is 5. The average Bonchev–Trinajstić information content (AvgIpc) is 3.52. The highest BCUT2D eigenvalue weighted by Gasteiger charge is 2.19. The molecule has 1 N–H and O–H groups in total. The quantitative estimate of drug-likeness (QED) is 0.617. The van der Waals surface area contributed by atoms with Crippen molar-refractivity contribution in [1.29, 1.82) is 0 Å². The van der Waals surface area contributed by atoms with Crippen molar-refractivity contribution in [2.45, 2.75) is 25.8 Å². The number of nitrogens with one attached hydrogen (secondary N) is 1. The largest absolute Gasteiger partial charge is 0.369 e. The summed E-state index contributed by atoms with van der Waals surface area (Å²) in [6.07, 6.45) is 4.80. The van der Waals surface area contributed by atoms with E-state index < -0.39 is 0 Å². The molecule has 2 aromatic carbocycles. The number of anilines is 1. The predicted octanol–water partition coefficient (Wildman–Crippen LogP) is 5.26. The van der Waals surface area contributed by atoms with Gasteiger partial charge in [0.2, 0.25) is 0 Å². The van der Waals surface area contributed by atoms with E-state index in [-0.39, 0.29) is 0 Å². The Bertz CT molecular complexity index is 975. The van der Waals surface area contributed by atoms with Crippen LogP contribution in [0.15, 0.2) is 60.8 Å². The molecule has 0 radical (unpaired) electrons. The van der Waals surface area contributed by atoms with Crippen molar-refractivity contribution in [1.82, 2.24) is 14.8 Å². The van der Waals surface area contributed by atoms with Gasteiger partial charge in [0.05, 0.1) is 0 Å². The molecule has 4 nitrogen and oxygen atoms in total. The first-order valence-electron chi connectivity index (χ1n) is 11.7. The zero-order valence-corrected chi connectivity index (χ0v) is 18.8. The molecule has 2 fully saturated rings. The van der Waals surface area contributed by atoms with Crippen molar-refractivity contribution in [3.05, 3.63) is 66.4 Å². The summed E-state index contributed by atoms with van der Waals surface area (Å²) in [5.41, 5.74) is 7.68. The van der Waals surface area contributed by atoms with Crippen LogP contribution < -0.4 is 4.90 Å². The predicted molar refractivity (Wildman–Crippen MR) is 131 cm³/mol. The number of likely N-dealkylation sites (N-methyl/N-ethyl adjacent to an activating group) is 1. The normalized spacial score (nSPS) is 19.1. The molecule has 3 heterocycles. The van der Waals surface area contributed by atoms with Crippen molar-refractivity contribution < 1.29 is 0 Å². The number of aromatic nitrogens is 1. The lowest BCUT2D eigenvalue weighted by atomic mass is 10.0. The van der Waals surface area contributed by atoms with E-state index in [0.717, 1.165) is 26.2 Å². The maximum Gasteiger partial charge on any atom is 0.0460 e. The SMILES string of the molecule is CC(c1ccc(-c2c[nH]c(-c3ccc(N4CCN(C)CC4)cc3)c2)cc1)N1CCCC1. The number of H-pyrrole nitrogens is 1. The first kappa shape index (κ1) is 20.3. The Hall–Kier alpha value is -2.56.